The summed E-state index contributed by atoms with van der Waals surface area (Å²) in [4.78, 5) is 25.9. The molecule has 88 valence electrons. The zero-order valence-corrected chi connectivity index (χ0v) is 10.6. The van der Waals surface area contributed by atoms with E-state index < -0.39 is 0 Å². The number of pyridine rings is 1. The molecule has 17 heavy (non-hydrogen) atoms. The van der Waals surface area contributed by atoms with Crippen LogP contribution in [0.15, 0.2) is 18.2 Å². The Hall–Kier alpha value is -1.60. The van der Waals surface area contributed by atoms with Gasteiger partial charge >= 0.3 is 0 Å². The lowest BCUT2D eigenvalue weighted by Gasteiger charge is -1.94. The molecule has 0 atom stereocenters. The van der Waals surface area contributed by atoms with Gasteiger partial charge in [0, 0.05) is 26.0 Å². The van der Waals surface area contributed by atoms with E-state index in [4.69, 9.17) is 0 Å². The number of nitrogens with zero attached hydrogens (tertiary/aromatic N) is 1. The van der Waals surface area contributed by atoms with Crippen LogP contribution < -0.4 is 0 Å². The minimum absolute atomic E-state index is 0.0687. The Morgan fingerprint density at radius 3 is 2.76 bits per heavy atom. The van der Waals surface area contributed by atoms with Crippen LogP contribution in [0.5, 0.6) is 0 Å². The molecule has 0 spiro atoms. The second-order valence-corrected chi connectivity index (χ2v) is 4.63. The summed E-state index contributed by atoms with van der Waals surface area (Å²) in [7, 11) is 0. The molecule has 1 aromatic heterocycles. The van der Waals surface area contributed by atoms with Gasteiger partial charge in [0.25, 0.3) is 0 Å². The fraction of sp³-hybridized carbons (Fsp3) is 0.308. The molecule has 0 saturated heterocycles. The highest BCUT2D eigenvalue weighted by Crippen LogP contribution is 2.03. The van der Waals surface area contributed by atoms with Crippen LogP contribution in [0, 0.1) is 11.8 Å². The molecule has 0 aromatic carbocycles. The average Bonchev–Trinajstić information content (AvgIpc) is 2.28. The predicted octanol–water partition coefficient (Wildman–Crippen LogP) is 2.31. The van der Waals surface area contributed by atoms with E-state index in [1.165, 1.54) is 25.6 Å². The smallest absolute Gasteiger partial charge is 0.185 e. The van der Waals surface area contributed by atoms with Gasteiger partial charge in [0.2, 0.25) is 0 Å². The van der Waals surface area contributed by atoms with E-state index in [0.717, 1.165) is 0 Å². The van der Waals surface area contributed by atoms with Gasteiger partial charge in [-0.2, -0.15) is 0 Å². The third-order valence-electron chi connectivity index (χ3n) is 1.86. The molecule has 0 unspecified atom stereocenters. The second-order valence-electron chi connectivity index (χ2n) is 3.36. The van der Waals surface area contributed by atoms with Crippen LogP contribution >= 0.6 is 11.8 Å². The highest BCUT2D eigenvalue weighted by atomic mass is 32.2. The van der Waals surface area contributed by atoms with Crippen LogP contribution in [-0.2, 0) is 4.79 Å². The van der Waals surface area contributed by atoms with Crippen LogP contribution in [0.1, 0.15) is 36.5 Å². The van der Waals surface area contributed by atoms with Crippen LogP contribution in [0.3, 0.4) is 0 Å². The van der Waals surface area contributed by atoms with Gasteiger partial charge in [0.15, 0.2) is 10.9 Å². The highest BCUT2D eigenvalue weighted by Gasteiger charge is 1.99. The van der Waals surface area contributed by atoms with Crippen molar-refractivity contribution in [3.63, 3.8) is 0 Å². The summed E-state index contributed by atoms with van der Waals surface area (Å²) in [6.45, 7) is 3.01. The van der Waals surface area contributed by atoms with Crippen molar-refractivity contribution in [1.82, 2.24) is 4.98 Å². The van der Waals surface area contributed by atoms with Gasteiger partial charge in [-0.25, -0.2) is 4.98 Å². The number of aromatic nitrogens is 1. The summed E-state index contributed by atoms with van der Waals surface area (Å²) >= 11 is 1.26. The Morgan fingerprint density at radius 2 is 2.12 bits per heavy atom. The van der Waals surface area contributed by atoms with Gasteiger partial charge in [-0.15, -0.1) is 0 Å². The van der Waals surface area contributed by atoms with Crippen LogP contribution in [-0.4, -0.2) is 21.6 Å². The number of hydrogen-bond acceptors (Lipinski definition) is 4. The lowest BCUT2D eigenvalue weighted by atomic mass is 10.2. The van der Waals surface area contributed by atoms with Gasteiger partial charge in [0.05, 0.1) is 0 Å². The first-order valence-corrected chi connectivity index (χ1v) is 6.18. The maximum atomic E-state index is 11.1. The SMILES string of the molecule is CC(=O)SCCC#Cc1cccc(C(C)=O)n1. The van der Waals surface area contributed by atoms with Crippen LogP contribution in [0.2, 0.25) is 0 Å². The standard InChI is InChI=1S/C13H13NO2S/c1-10(15)13-8-5-7-12(14-13)6-3-4-9-17-11(2)16/h5,7-8H,4,9H2,1-2H3. The molecule has 0 aliphatic rings. The maximum Gasteiger partial charge on any atom is 0.185 e. The van der Waals surface area contributed by atoms with E-state index in [2.05, 4.69) is 16.8 Å². The zero-order chi connectivity index (χ0) is 12.7. The van der Waals surface area contributed by atoms with Crippen molar-refractivity contribution < 1.29 is 9.59 Å². The van der Waals surface area contributed by atoms with Gasteiger partial charge in [-0.3, -0.25) is 9.59 Å². The number of carbonyl (C=O) groups is 2. The Morgan fingerprint density at radius 1 is 1.35 bits per heavy atom. The molecule has 0 aliphatic carbocycles. The third-order valence-corrected chi connectivity index (χ3v) is 2.67. The molecule has 1 rings (SSSR count). The Bertz CT molecular complexity index is 486. The quantitative estimate of drug-likeness (QED) is 0.467. The largest absolute Gasteiger partial charge is 0.293 e. The zero-order valence-electron chi connectivity index (χ0n) is 9.82. The first-order valence-electron chi connectivity index (χ1n) is 5.20. The predicted molar refractivity (Wildman–Crippen MR) is 68.9 cm³/mol. The van der Waals surface area contributed by atoms with Gasteiger partial charge in [0.1, 0.15) is 11.4 Å². The molecule has 1 heterocycles. The molecule has 0 amide bonds. The summed E-state index contributed by atoms with van der Waals surface area (Å²) in [5, 5.41) is 0.100. The minimum Gasteiger partial charge on any atom is -0.293 e. The third kappa shape index (κ3) is 5.32. The monoisotopic (exact) mass is 247 g/mol. The van der Waals surface area contributed by atoms with Crippen molar-refractivity contribution >= 4 is 22.7 Å². The molecule has 0 aliphatic heterocycles. The number of hydrogen-bond donors (Lipinski definition) is 0. The number of Topliss-reactive ketones (excluding diaryl/α,β-unsaturated/α-hetero) is 1. The molecule has 0 bridgehead atoms. The molecular formula is C13H13NO2S. The van der Waals surface area contributed by atoms with Gasteiger partial charge in [-0.05, 0) is 18.1 Å². The van der Waals surface area contributed by atoms with E-state index in [0.29, 0.717) is 23.6 Å². The summed E-state index contributed by atoms with van der Waals surface area (Å²) in [6.07, 6.45) is 0.635. The van der Waals surface area contributed by atoms with Crippen molar-refractivity contribution in [3.05, 3.63) is 29.6 Å². The molecule has 1 aromatic rings. The topological polar surface area (TPSA) is 47.0 Å². The van der Waals surface area contributed by atoms with Gasteiger partial charge in [-0.1, -0.05) is 23.7 Å². The summed E-state index contributed by atoms with van der Waals surface area (Å²) in [6, 6.07) is 5.19. The van der Waals surface area contributed by atoms with Crippen LogP contribution in [0.4, 0.5) is 0 Å². The molecule has 0 radical (unpaired) electrons. The molecule has 0 fully saturated rings. The summed E-state index contributed by atoms with van der Waals surface area (Å²) in [5.74, 6) is 6.42. The van der Waals surface area contributed by atoms with Gasteiger partial charge < -0.3 is 0 Å². The van der Waals surface area contributed by atoms with Crippen molar-refractivity contribution in [1.29, 1.82) is 0 Å². The number of carbonyl (C=O) groups excluding carboxylic acids is 2. The minimum atomic E-state index is -0.0687. The lowest BCUT2D eigenvalue weighted by molar-refractivity contribution is -0.109. The summed E-state index contributed by atoms with van der Waals surface area (Å²) < 4.78 is 0. The number of ketones is 1. The molecule has 4 heteroatoms. The van der Waals surface area contributed by atoms with E-state index in [-0.39, 0.29) is 10.9 Å². The van der Waals surface area contributed by atoms with E-state index >= 15 is 0 Å². The average molecular weight is 247 g/mol. The fourth-order valence-corrected chi connectivity index (χ4v) is 1.59. The molecular weight excluding hydrogens is 234 g/mol. The van der Waals surface area contributed by atoms with E-state index in [9.17, 15) is 9.59 Å². The normalized spacial score (nSPS) is 9.29. The maximum absolute atomic E-state index is 11.1. The number of rotatable bonds is 3. The molecule has 0 N–H and O–H groups in total. The number of thioether (sulfide) groups is 1. The molecule has 0 saturated carbocycles. The van der Waals surface area contributed by atoms with Crippen molar-refractivity contribution in [2.45, 2.75) is 20.3 Å². The summed E-state index contributed by atoms with van der Waals surface area (Å²) in [5.41, 5.74) is 1.01. The van der Waals surface area contributed by atoms with Crippen molar-refractivity contribution in [3.8, 4) is 11.8 Å². The molecule has 3 nitrogen and oxygen atoms in total. The second kappa shape index (κ2) is 6.87. The highest BCUT2D eigenvalue weighted by molar-refractivity contribution is 8.13. The van der Waals surface area contributed by atoms with E-state index in [1.54, 1.807) is 18.2 Å². The lowest BCUT2D eigenvalue weighted by Crippen LogP contribution is -1.97. The Balaban J connectivity index is 2.56. The van der Waals surface area contributed by atoms with Crippen molar-refractivity contribution in [2.24, 2.45) is 0 Å². The van der Waals surface area contributed by atoms with Crippen LogP contribution in [0.25, 0.3) is 0 Å². The van der Waals surface area contributed by atoms with E-state index in [1.807, 2.05) is 0 Å². The first-order chi connectivity index (χ1) is 8.09. The first kappa shape index (κ1) is 13.5. The fourth-order valence-electron chi connectivity index (χ4n) is 1.10. The van der Waals surface area contributed by atoms with Crippen molar-refractivity contribution in [2.75, 3.05) is 5.75 Å². The Kier molecular flexibility index (Phi) is 5.44. The Labute approximate surface area is 105 Å².